The lowest BCUT2D eigenvalue weighted by molar-refractivity contribution is 0.0909. The van der Waals surface area contributed by atoms with E-state index >= 15 is 0 Å². The Morgan fingerprint density at radius 2 is 1.97 bits per heavy atom. The molecule has 0 radical (unpaired) electrons. The Morgan fingerprint density at radius 3 is 2.55 bits per heavy atom. The van der Waals surface area contributed by atoms with Gasteiger partial charge in [0.25, 0.3) is 11.8 Å². The highest BCUT2D eigenvalue weighted by Gasteiger charge is 2.32. The van der Waals surface area contributed by atoms with Crippen molar-refractivity contribution in [3.05, 3.63) is 58.4 Å². The smallest absolute Gasteiger partial charge is 0.270 e. The molecule has 31 heavy (non-hydrogen) atoms. The Morgan fingerprint density at radius 1 is 1.23 bits per heavy atom. The van der Waals surface area contributed by atoms with Crippen LogP contribution in [0.5, 0.6) is 0 Å². The Bertz CT molecular complexity index is 1020. The lowest BCUT2D eigenvalue weighted by atomic mass is 10.1. The van der Waals surface area contributed by atoms with Crippen LogP contribution in [0.1, 0.15) is 60.5 Å². The highest BCUT2D eigenvalue weighted by molar-refractivity contribution is 6.32. The van der Waals surface area contributed by atoms with Crippen molar-refractivity contribution in [3.63, 3.8) is 0 Å². The highest BCUT2D eigenvalue weighted by atomic mass is 35.5. The molecule has 162 valence electrons. The molecule has 1 aliphatic rings. The van der Waals surface area contributed by atoms with E-state index in [2.05, 4.69) is 26.6 Å². The van der Waals surface area contributed by atoms with Crippen molar-refractivity contribution in [2.45, 2.75) is 51.7 Å². The van der Waals surface area contributed by atoms with Crippen LogP contribution in [0.25, 0.3) is 0 Å². The van der Waals surface area contributed by atoms with Gasteiger partial charge in [0.2, 0.25) is 0 Å². The topological polar surface area (TPSA) is 98.1 Å². The summed E-state index contributed by atoms with van der Waals surface area (Å²) in [6.45, 7) is 8.50. The predicted octanol–water partition coefficient (Wildman–Crippen LogP) is 3.53. The number of pyridine rings is 1. The van der Waals surface area contributed by atoms with E-state index in [1.54, 1.807) is 24.3 Å². The molecule has 0 spiro atoms. The molecule has 2 amide bonds. The van der Waals surface area contributed by atoms with Crippen molar-refractivity contribution in [2.75, 3.05) is 11.4 Å². The molecule has 0 aliphatic carbocycles. The lowest BCUT2D eigenvalue weighted by Gasteiger charge is -2.27. The van der Waals surface area contributed by atoms with Gasteiger partial charge in [-0.25, -0.2) is 0 Å². The third-order valence-electron chi connectivity index (χ3n) is 5.22. The maximum absolute atomic E-state index is 12.7. The summed E-state index contributed by atoms with van der Waals surface area (Å²) in [6, 6.07) is 10.6. The first-order valence-electron chi connectivity index (χ1n) is 10.1. The summed E-state index contributed by atoms with van der Waals surface area (Å²) >= 11 is 6.17. The minimum Gasteiger partial charge on any atom is -0.367 e. The Labute approximate surface area is 187 Å². The molecule has 2 N–H and O–H groups in total. The summed E-state index contributed by atoms with van der Waals surface area (Å²) in [5.74, 6) is -0.507. The van der Waals surface area contributed by atoms with Gasteiger partial charge in [-0.1, -0.05) is 11.6 Å². The van der Waals surface area contributed by atoms with Crippen LogP contribution in [-0.4, -0.2) is 41.0 Å². The Kier molecular flexibility index (Phi) is 6.51. The summed E-state index contributed by atoms with van der Waals surface area (Å²) in [6.07, 6.45) is 2.19. The predicted molar refractivity (Wildman–Crippen MR) is 120 cm³/mol. The first-order chi connectivity index (χ1) is 14.6. The Hall–Kier alpha value is -3.11. The van der Waals surface area contributed by atoms with Crippen LogP contribution < -0.4 is 15.5 Å². The van der Waals surface area contributed by atoms with E-state index in [4.69, 9.17) is 16.9 Å². The first kappa shape index (κ1) is 22.6. The molecule has 0 bridgehead atoms. The molecule has 1 fully saturated rings. The summed E-state index contributed by atoms with van der Waals surface area (Å²) in [7, 11) is 0. The van der Waals surface area contributed by atoms with Crippen LogP contribution >= 0.6 is 11.6 Å². The summed E-state index contributed by atoms with van der Waals surface area (Å²) in [5, 5.41) is 15.4. The van der Waals surface area contributed by atoms with Crippen LogP contribution in [0.4, 0.5) is 5.69 Å². The number of nitrogens with zero attached hydrogens (tertiary/aromatic N) is 3. The van der Waals surface area contributed by atoms with Crippen LogP contribution in [0.2, 0.25) is 5.02 Å². The molecule has 1 aromatic heterocycles. The second kappa shape index (κ2) is 8.94. The van der Waals surface area contributed by atoms with E-state index < -0.39 is 0 Å². The number of nitrogens with one attached hydrogen (secondary N) is 2. The fourth-order valence-electron chi connectivity index (χ4n) is 3.59. The average Bonchev–Trinajstić information content (AvgIpc) is 3.07. The standard InChI is InChI=1S/C23H26ClN5O2/c1-14-19(9-10-29(14)17-7-5-15(12-25)18(24)11-17)27-22(31)20-8-6-16(13-26-20)21(30)28-23(2,3)4/h5-8,11,13-14,19H,9-10H2,1-4H3,(H,27,31)(H,28,30)/t14-,19-/m0/s1. The third kappa shape index (κ3) is 5.33. The van der Waals surface area contributed by atoms with E-state index in [-0.39, 0.29) is 35.1 Å². The molecule has 8 heteroatoms. The van der Waals surface area contributed by atoms with Crippen LogP contribution in [0.15, 0.2) is 36.5 Å². The highest BCUT2D eigenvalue weighted by Crippen LogP contribution is 2.29. The second-order valence-electron chi connectivity index (χ2n) is 8.71. The van der Waals surface area contributed by atoms with E-state index in [1.807, 2.05) is 33.8 Å². The number of carbonyl (C=O) groups is 2. The maximum Gasteiger partial charge on any atom is 0.270 e. The number of carbonyl (C=O) groups excluding carboxylic acids is 2. The number of anilines is 1. The number of hydrogen-bond acceptors (Lipinski definition) is 5. The van der Waals surface area contributed by atoms with Gasteiger partial charge in [-0.2, -0.15) is 5.26 Å². The van der Waals surface area contributed by atoms with Gasteiger partial charge in [-0.15, -0.1) is 0 Å². The van der Waals surface area contributed by atoms with Crippen molar-refractivity contribution in [3.8, 4) is 6.07 Å². The SMILES string of the molecule is C[C@H]1[C@@H](NC(=O)c2ccc(C(=O)NC(C)(C)C)cn2)CCN1c1ccc(C#N)c(Cl)c1. The number of benzene rings is 1. The molecular weight excluding hydrogens is 414 g/mol. The van der Waals surface area contributed by atoms with Crippen molar-refractivity contribution in [1.29, 1.82) is 5.26 Å². The van der Waals surface area contributed by atoms with Gasteiger partial charge in [0, 0.05) is 30.0 Å². The normalized spacial score (nSPS) is 18.4. The lowest BCUT2D eigenvalue weighted by Crippen LogP contribution is -2.43. The summed E-state index contributed by atoms with van der Waals surface area (Å²) in [5.41, 5.74) is 1.67. The molecule has 1 saturated heterocycles. The minimum atomic E-state index is -0.350. The molecular formula is C23H26ClN5O2. The van der Waals surface area contributed by atoms with Crippen LogP contribution in [0.3, 0.4) is 0 Å². The summed E-state index contributed by atoms with van der Waals surface area (Å²) in [4.78, 5) is 31.2. The van der Waals surface area contributed by atoms with Gasteiger partial charge in [-0.05, 0) is 64.4 Å². The molecule has 1 aromatic carbocycles. The van der Waals surface area contributed by atoms with E-state index in [9.17, 15) is 9.59 Å². The van der Waals surface area contributed by atoms with Crippen molar-refractivity contribution >= 4 is 29.1 Å². The second-order valence-corrected chi connectivity index (χ2v) is 9.12. The number of aromatic nitrogens is 1. The molecule has 0 unspecified atom stereocenters. The zero-order valence-electron chi connectivity index (χ0n) is 18.1. The molecule has 2 aromatic rings. The van der Waals surface area contributed by atoms with Crippen LogP contribution in [-0.2, 0) is 0 Å². The van der Waals surface area contributed by atoms with Gasteiger partial charge in [0.1, 0.15) is 11.8 Å². The van der Waals surface area contributed by atoms with Gasteiger partial charge < -0.3 is 15.5 Å². The van der Waals surface area contributed by atoms with Gasteiger partial charge in [0.05, 0.1) is 22.2 Å². The van der Waals surface area contributed by atoms with Crippen molar-refractivity contribution < 1.29 is 9.59 Å². The molecule has 2 heterocycles. The van der Waals surface area contributed by atoms with E-state index in [1.165, 1.54) is 6.20 Å². The maximum atomic E-state index is 12.7. The van der Waals surface area contributed by atoms with Gasteiger partial charge >= 0.3 is 0 Å². The molecule has 3 rings (SSSR count). The largest absolute Gasteiger partial charge is 0.367 e. The number of halogens is 1. The van der Waals surface area contributed by atoms with Gasteiger partial charge in [0.15, 0.2) is 0 Å². The van der Waals surface area contributed by atoms with Crippen LogP contribution in [0, 0.1) is 11.3 Å². The average molecular weight is 440 g/mol. The van der Waals surface area contributed by atoms with E-state index in [0.29, 0.717) is 16.1 Å². The monoisotopic (exact) mass is 439 g/mol. The number of nitriles is 1. The fraction of sp³-hybridized carbons (Fsp3) is 0.391. The van der Waals surface area contributed by atoms with E-state index in [0.717, 1.165) is 18.7 Å². The third-order valence-corrected chi connectivity index (χ3v) is 5.54. The van der Waals surface area contributed by atoms with Crippen molar-refractivity contribution in [2.24, 2.45) is 0 Å². The molecule has 1 aliphatic heterocycles. The first-order valence-corrected chi connectivity index (χ1v) is 10.5. The molecule has 0 saturated carbocycles. The Balaban J connectivity index is 1.64. The number of rotatable bonds is 4. The minimum absolute atomic E-state index is 0.0461. The molecule has 2 atom stereocenters. The number of amides is 2. The summed E-state index contributed by atoms with van der Waals surface area (Å²) < 4.78 is 0. The zero-order valence-corrected chi connectivity index (χ0v) is 18.8. The quantitative estimate of drug-likeness (QED) is 0.759. The molecule has 7 nitrogen and oxygen atoms in total. The van der Waals surface area contributed by atoms with Gasteiger partial charge in [-0.3, -0.25) is 14.6 Å². The zero-order chi connectivity index (χ0) is 22.8. The van der Waals surface area contributed by atoms with Crippen molar-refractivity contribution in [1.82, 2.24) is 15.6 Å². The number of hydrogen-bond donors (Lipinski definition) is 2. The fourth-order valence-corrected chi connectivity index (χ4v) is 3.81.